The maximum atomic E-state index is 12.4. The molecule has 4 rings (SSSR count). The second kappa shape index (κ2) is 8.23. The number of aliphatic hydroxyl groups excluding tert-OH is 1. The van der Waals surface area contributed by atoms with Crippen LogP contribution in [0.15, 0.2) is 51.6 Å². The van der Waals surface area contributed by atoms with E-state index in [1.165, 1.54) is 40.2 Å². The van der Waals surface area contributed by atoms with Crippen molar-refractivity contribution in [3.8, 4) is 0 Å². The number of hydrogen-bond donors (Lipinski definition) is 1. The van der Waals surface area contributed by atoms with Crippen LogP contribution in [-0.2, 0) is 9.59 Å². The molecule has 2 aliphatic rings. The van der Waals surface area contributed by atoms with E-state index < -0.39 is 18.0 Å². The van der Waals surface area contributed by atoms with Gasteiger partial charge in [-0.15, -0.1) is 11.8 Å². The maximum Gasteiger partial charge on any atom is 1.00 e. The topological polar surface area (TPSA) is 115 Å². The minimum atomic E-state index is -1.39. The van der Waals surface area contributed by atoms with Crippen molar-refractivity contribution in [3.05, 3.63) is 52.2 Å². The summed E-state index contributed by atoms with van der Waals surface area (Å²) in [6.45, 7) is 3.40. The van der Waals surface area contributed by atoms with E-state index in [1.807, 2.05) is 13.0 Å². The predicted octanol–water partition coefficient (Wildman–Crippen LogP) is -3.35. The Labute approximate surface area is 192 Å². The van der Waals surface area contributed by atoms with Gasteiger partial charge in [-0.2, -0.15) is 0 Å². The number of fused-ring (bicyclic) bond motifs is 2. The number of β-lactam (4-membered cyclic amide) rings is 1. The zero-order valence-corrected chi connectivity index (χ0v) is 19.0. The number of amides is 1. The first-order valence-corrected chi connectivity index (χ1v) is 9.86. The van der Waals surface area contributed by atoms with Crippen LogP contribution in [0, 0.1) is 11.8 Å². The van der Waals surface area contributed by atoms with E-state index >= 15 is 0 Å². The molecule has 0 spiro atoms. The number of carbonyl (C=O) groups excluding carboxylic acids is 2. The molecule has 2 aromatic heterocycles. The van der Waals surface area contributed by atoms with E-state index in [4.69, 9.17) is 0 Å². The van der Waals surface area contributed by atoms with Gasteiger partial charge < -0.3 is 19.9 Å². The molecule has 1 fully saturated rings. The van der Waals surface area contributed by atoms with Gasteiger partial charge in [0.05, 0.1) is 34.6 Å². The Morgan fingerprint density at radius 3 is 2.76 bits per heavy atom. The number of hydrogen-bond acceptors (Lipinski definition) is 7. The van der Waals surface area contributed by atoms with Crippen molar-refractivity contribution in [1.82, 2.24) is 14.3 Å². The van der Waals surface area contributed by atoms with Gasteiger partial charge in [-0.05, 0) is 24.6 Å². The number of aliphatic carboxylic acids is 1. The molecule has 0 aliphatic carbocycles. The first-order valence-electron chi connectivity index (χ1n) is 8.87. The van der Waals surface area contributed by atoms with Gasteiger partial charge >= 0.3 is 29.6 Å². The van der Waals surface area contributed by atoms with E-state index in [0.29, 0.717) is 17.0 Å². The number of carbonyl (C=O) groups is 2. The van der Waals surface area contributed by atoms with Crippen LogP contribution in [0.4, 0.5) is 0 Å². The Hall–Kier alpha value is -1.65. The number of aliphatic hydroxyl groups is 1. The number of nitrogens with zero attached hydrogens (tertiary/aromatic N) is 3. The summed E-state index contributed by atoms with van der Waals surface area (Å²) in [6.07, 6.45) is 2.21. The van der Waals surface area contributed by atoms with E-state index in [0.717, 1.165) is 4.90 Å². The zero-order chi connectivity index (χ0) is 20.2. The summed E-state index contributed by atoms with van der Waals surface area (Å²) in [7, 11) is 0. The molecule has 1 N–H and O–H groups in total. The van der Waals surface area contributed by atoms with Crippen LogP contribution in [0.25, 0.3) is 5.65 Å². The maximum absolute atomic E-state index is 12.4. The molecule has 4 heterocycles. The van der Waals surface area contributed by atoms with Crippen molar-refractivity contribution >= 4 is 29.3 Å². The van der Waals surface area contributed by atoms with Crippen LogP contribution in [0.2, 0.25) is 0 Å². The molecule has 4 atom stereocenters. The molecule has 0 bridgehead atoms. The number of rotatable bonds is 5. The molecule has 2 aromatic rings. The predicted molar refractivity (Wildman–Crippen MR) is 99.2 cm³/mol. The molecule has 29 heavy (non-hydrogen) atoms. The molecule has 0 aromatic carbocycles. The summed E-state index contributed by atoms with van der Waals surface area (Å²) >= 11 is 1.35. The van der Waals surface area contributed by atoms with Gasteiger partial charge in [-0.25, -0.2) is 4.98 Å². The normalized spacial score (nSPS) is 24.2. The molecule has 146 valence electrons. The van der Waals surface area contributed by atoms with Crippen LogP contribution < -0.4 is 40.2 Å². The number of carboxylic acid groups (broad SMARTS) is 1. The fourth-order valence-electron chi connectivity index (χ4n) is 4.13. The van der Waals surface area contributed by atoms with Gasteiger partial charge in [-0.1, -0.05) is 6.92 Å². The second-order valence-electron chi connectivity index (χ2n) is 7.05. The summed E-state index contributed by atoms with van der Waals surface area (Å²) in [5.74, 6) is -2.30. The van der Waals surface area contributed by atoms with Gasteiger partial charge in [0.1, 0.15) is 0 Å². The van der Waals surface area contributed by atoms with Crippen molar-refractivity contribution < 1.29 is 49.4 Å². The van der Waals surface area contributed by atoms with Crippen LogP contribution >= 0.6 is 11.8 Å². The van der Waals surface area contributed by atoms with Crippen molar-refractivity contribution in [1.29, 1.82) is 0 Å². The summed E-state index contributed by atoms with van der Waals surface area (Å²) in [5, 5.41) is 21.6. The Morgan fingerprint density at radius 2 is 2.10 bits per heavy atom. The Bertz CT molecular complexity index is 1080. The number of thioether (sulfide) groups is 1. The molecule has 8 nitrogen and oxygen atoms in total. The largest absolute Gasteiger partial charge is 1.00 e. The molecule has 1 amide bonds. The van der Waals surface area contributed by atoms with E-state index in [9.17, 15) is 24.6 Å². The molecule has 2 aliphatic heterocycles. The van der Waals surface area contributed by atoms with Gasteiger partial charge in [-0.3, -0.25) is 14.0 Å². The third-order valence-corrected chi connectivity index (χ3v) is 6.56. The van der Waals surface area contributed by atoms with Gasteiger partial charge in [0.15, 0.2) is 5.65 Å². The zero-order valence-electron chi connectivity index (χ0n) is 16.2. The average Bonchev–Trinajstić information content (AvgIpc) is 2.89. The molecule has 0 saturated carbocycles. The Morgan fingerprint density at radius 1 is 1.38 bits per heavy atom. The van der Waals surface area contributed by atoms with Gasteiger partial charge in [0, 0.05) is 30.1 Å². The van der Waals surface area contributed by atoms with E-state index in [1.54, 1.807) is 12.3 Å². The van der Waals surface area contributed by atoms with Gasteiger partial charge in [0.2, 0.25) is 5.91 Å². The first-order chi connectivity index (χ1) is 13.3. The van der Waals surface area contributed by atoms with Crippen LogP contribution in [0.1, 0.15) is 13.8 Å². The molecule has 1 saturated heterocycles. The third kappa shape index (κ3) is 3.44. The summed E-state index contributed by atoms with van der Waals surface area (Å²) in [4.78, 5) is 42.3. The third-order valence-electron chi connectivity index (χ3n) is 5.47. The minimum Gasteiger partial charge on any atom is -0.543 e. The quantitative estimate of drug-likeness (QED) is 0.304. The number of carboxylic acids is 1. The minimum absolute atomic E-state index is 0. The number of pyridine rings is 1. The molecule has 0 unspecified atom stereocenters. The molecular formula is C19H18N3NaO5S. The van der Waals surface area contributed by atoms with Crippen LogP contribution in [-0.4, -0.2) is 49.2 Å². The van der Waals surface area contributed by atoms with Crippen molar-refractivity contribution in [2.45, 2.75) is 30.9 Å². The first kappa shape index (κ1) is 22.0. The Kier molecular flexibility index (Phi) is 6.26. The van der Waals surface area contributed by atoms with E-state index in [-0.39, 0.29) is 58.7 Å². The number of aromatic nitrogens is 2. The average molecular weight is 423 g/mol. The molecular weight excluding hydrogens is 405 g/mol. The fourth-order valence-corrected chi connectivity index (χ4v) is 5.29. The smallest absolute Gasteiger partial charge is 0.543 e. The second-order valence-corrected chi connectivity index (χ2v) is 8.07. The van der Waals surface area contributed by atoms with E-state index in [2.05, 4.69) is 4.98 Å². The summed E-state index contributed by atoms with van der Waals surface area (Å²) in [5.41, 5.74) is 0.775. The van der Waals surface area contributed by atoms with Crippen molar-refractivity contribution in [2.75, 3.05) is 5.75 Å². The monoisotopic (exact) mass is 423 g/mol. The van der Waals surface area contributed by atoms with Crippen molar-refractivity contribution in [3.63, 3.8) is 0 Å². The van der Waals surface area contributed by atoms with Gasteiger partial charge in [0.25, 0.3) is 5.56 Å². The SMILES string of the molecule is C[C@@H](O)[C@H]1C(=O)N2C(C(=O)[O-])=C(CSc3cccn4c(=O)ccnc34)[C@H](C)[C@H]12.[Na+]. The fraction of sp³-hybridized carbons (Fsp3) is 0.368. The molecule has 10 heteroatoms. The van der Waals surface area contributed by atoms with Crippen molar-refractivity contribution in [2.24, 2.45) is 11.8 Å². The summed E-state index contributed by atoms with van der Waals surface area (Å²) in [6, 6.07) is 4.53. The van der Waals surface area contributed by atoms with Crippen LogP contribution in [0.5, 0.6) is 0 Å². The standard InChI is InChI=1S/C19H19N3O5S.Na/c1-9-11(16(19(26)27)22-15(9)14(10(2)23)18(22)25)8-28-12-4-3-7-21-13(24)5-6-20-17(12)21;/h3-7,9-10,14-15,23H,8H2,1-2H3,(H,26,27);/q;+1/p-1/t9-,10+,14+,15+;/m0./s1. The Balaban J connectivity index is 0.00000240. The van der Waals surface area contributed by atoms with Crippen LogP contribution in [0.3, 0.4) is 0 Å². The molecule has 0 radical (unpaired) electrons. The summed E-state index contributed by atoms with van der Waals surface area (Å²) < 4.78 is 1.43.